The van der Waals surface area contributed by atoms with Crippen LogP contribution in [0.2, 0.25) is 0 Å². The maximum atomic E-state index is 11.9. The molecule has 92 valence electrons. The zero-order valence-corrected chi connectivity index (χ0v) is 10.6. The molecule has 0 unspecified atom stereocenters. The van der Waals surface area contributed by atoms with Gasteiger partial charge in [-0.3, -0.25) is 4.79 Å². The fraction of sp³-hybridized carbons (Fsp3) is 0.429. The van der Waals surface area contributed by atoms with Crippen LogP contribution in [0.25, 0.3) is 0 Å². The highest BCUT2D eigenvalue weighted by atomic mass is 16.5. The number of hydrogen-bond acceptors (Lipinski definition) is 3. The molecule has 1 aromatic carbocycles. The molecule has 0 bridgehead atoms. The van der Waals surface area contributed by atoms with Crippen LogP contribution in [-0.4, -0.2) is 18.9 Å². The third-order valence-corrected chi connectivity index (χ3v) is 2.58. The van der Waals surface area contributed by atoms with Gasteiger partial charge in [-0.05, 0) is 37.1 Å². The first-order valence-corrected chi connectivity index (χ1v) is 5.81. The van der Waals surface area contributed by atoms with Crippen LogP contribution in [0.15, 0.2) is 18.2 Å². The van der Waals surface area contributed by atoms with Crippen LogP contribution < -0.4 is 0 Å². The Labute approximate surface area is 102 Å². The smallest absolute Gasteiger partial charge is 0.337 e. The first kappa shape index (κ1) is 13.4. The van der Waals surface area contributed by atoms with Crippen molar-refractivity contribution >= 4 is 11.8 Å². The number of methoxy groups -OCH3 is 1. The van der Waals surface area contributed by atoms with Gasteiger partial charge in [0.2, 0.25) is 0 Å². The van der Waals surface area contributed by atoms with Crippen LogP contribution in [0, 0.1) is 6.92 Å². The molecule has 3 nitrogen and oxygen atoms in total. The molecule has 0 aromatic heterocycles. The number of ether oxygens (including phenoxy) is 1. The monoisotopic (exact) mass is 234 g/mol. The second-order valence-electron chi connectivity index (χ2n) is 4.11. The van der Waals surface area contributed by atoms with Crippen LogP contribution >= 0.6 is 0 Å². The third kappa shape index (κ3) is 3.70. The Balaban J connectivity index is 2.96. The van der Waals surface area contributed by atoms with Gasteiger partial charge in [0.15, 0.2) is 5.78 Å². The molecule has 1 rings (SSSR count). The van der Waals surface area contributed by atoms with E-state index in [2.05, 4.69) is 4.74 Å². The van der Waals surface area contributed by atoms with Crippen molar-refractivity contribution in [2.45, 2.75) is 33.1 Å². The second-order valence-corrected chi connectivity index (χ2v) is 4.11. The summed E-state index contributed by atoms with van der Waals surface area (Å²) < 4.78 is 4.66. The molecule has 17 heavy (non-hydrogen) atoms. The molecule has 1 aromatic rings. The number of unbranched alkanes of at least 4 members (excludes halogenated alkanes) is 1. The second kappa shape index (κ2) is 6.18. The number of ketones is 1. The fourth-order valence-corrected chi connectivity index (χ4v) is 1.66. The summed E-state index contributed by atoms with van der Waals surface area (Å²) >= 11 is 0. The Hall–Kier alpha value is -1.64. The zero-order valence-electron chi connectivity index (χ0n) is 10.6. The highest BCUT2D eigenvalue weighted by molar-refractivity contribution is 5.99. The maximum Gasteiger partial charge on any atom is 0.337 e. The van der Waals surface area contributed by atoms with Crippen molar-refractivity contribution in [3.05, 3.63) is 34.9 Å². The van der Waals surface area contributed by atoms with Gasteiger partial charge in [-0.2, -0.15) is 0 Å². The summed E-state index contributed by atoms with van der Waals surface area (Å²) in [6.07, 6.45) is 2.39. The van der Waals surface area contributed by atoms with Crippen molar-refractivity contribution in [1.82, 2.24) is 0 Å². The van der Waals surface area contributed by atoms with E-state index < -0.39 is 5.97 Å². The Morgan fingerprint density at radius 2 is 1.82 bits per heavy atom. The standard InChI is InChI=1S/C14H18O3/c1-4-5-6-13(15)11-7-10(2)8-12(9-11)14(16)17-3/h7-9H,4-6H2,1-3H3. The number of Topliss-reactive ketones (excluding diaryl/α,β-unsaturated/α-hetero) is 1. The van der Waals surface area contributed by atoms with Crippen LogP contribution in [-0.2, 0) is 4.74 Å². The minimum Gasteiger partial charge on any atom is -0.465 e. The van der Waals surface area contributed by atoms with E-state index in [1.54, 1.807) is 12.1 Å². The van der Waals surface area contributed by atoms with Crippen molar-refractivity contribution in [2.75, 3.05) is 7.11 Å². The summed E-state index contributed by atoms with van der Waals surface area (Å²) in [5.74, 6) is -0.320. The number of hydrogen-bond donors (Lipinski definition) is 0. The molecule has 0 aliphatic rings. The molecule has 0 aliphatic carbocycles. The van der Waals surface area contributed by atoms with Crippen molar-refractivity contribution in [2.24, 2.45) is 0 Å². The summed E-state index contributed by atoms with van der Waals surface area (Å²) in [5, 5.41) is 0. The molecule has 0 aliphatic heterocycles. The zero-order chi connectivity index (χ0) is 12.8. The largest absolute Gasteiger partial charge is 0.465 e. The SMILES string of the molecule is CCCCC(=O)c1cc(C)cc(C(=O)OC)c1. The van der Waals surface area contributed by atoms with Crippen LogP contribution in [0.3, 0.4) is 0 Å². The summed E-state index contributed by atoms with van der Waals surface area (Å²) in [7, 11) is 1.34. The Morgan fingerprint density at radius 1 is 1.18 bits per heavy atom. The van der Waals surface area contributed by atoms with Gasteiger partial charge in [-0.25, -0.2) is 4.79 Å². The molecule has 0 saturated heterocycles. The van der Waals surface area contributed by atoms with E-state index in [-0.39, 0.29) is 5.78 Å². The van der Waals surface area contributed by atoms with E-state index in [0.717, 1.165) is 18.4 Å². The summed E-state index contributed by atoms with van der Waals surface area (Å²) in [6.45, 7) is 3.91. The molecule has 3 heteroatoms. The van der Waals surface area contributed by atoms with E-state index in [1.165, 1.54) is 7.11 Å². The van der Waals surface area contributed by atoms with Crippen LogP contribution in [0.4, 0.5) is 0 Å². The quantitative estimate of drug-likeness (QED) is 0.580. The summed E-state index contributed by atoms with van der Waals surface area (Å²) in [6, 6.07) is 5.14. The van der Waals surface area contributed by atoms with Gasteiger partial charge in [-0.15, -0.1) is 0 Å². The number of rotatable bonds is 5. The topological polar surface area (TPSA) is 43.4 Å². The van der Waals surface area contributed by atoms with Crippen molar-refractivity contribution in [1.29, 1.82) is 0 Å². The highest BCUT2D eigenvalue weighted by Gasteiger charge is 2.11. The molecule has 0 N–H and O–H groups in total. The van der Waals surface area contributed by atoms with Crippen LogP contribution in [0.1, 0.15) is 52.5 Å². The minimum atomic E-state index is -0.404. The normalized spacial score (nSPS) is 10.1. The van der Waals surface area contributed by atoms with E-state index in [1.807, 2.05) is 19.9 Å². The van der Waals surface area contributed by atoms with Crippen molar-refractivity contribution in [3.8, 4) is 0 Å². The number of carbonyl (C=O) groups is 2. The van der Waals surface area contributed by atoms with Crippen molar-refractivity contribution in [3.63, 3.8) is 0 Å². The number of aryl methyl sites for hydroxylation is 1. The van der Waals surface area contributed by atoms with Gasteiger partial charge in [0.25, 0.3) is 0 Å². The third-order valence-electron chi connectivity index (χ3n) is 2.58. The molecular weight excluding hydrogens is 216 g/mol. The molecule has 0 atom stereocenters. The lowest BCUT2D eigenvalue weighted by molar-refractivity contribution is 0.0600. The summed E-state index contributed by atoms with van der Waals surface area (Å²) in [5.41, 5.74) is 1.93. The molecular formula is C14H18O3. The molecule has 0 saturated carbocycles. The molecule has 0 amide bonds. The van der Waals surface area contributed by atoms with Gasteiger partial charge in [-0.1, -0.05) is 13.3 Å². The van der Waals surface area contributed by atoms with Gasteiger partial charge >= 0.3 is 5.97 Å². The Bertz CT molecular complexity index is 421. The Kier molecular flexibility index (Phi) is 4.88. The molecule has 0 heterocycles. The predicted molar refractivity (Wildman–Crippen MR) is 66.4 cm³/mol. The van der Waals surface area contributed by atoms with E-state index in [9.17, 15) is 9.59 Å². The molecule has 0 fully saturated rings. The summed E-state index contributed by atoms with van der Waals surface area (Å²) in [4.78, 5) is 23.3. The molecule has 0 spiro atoms. The first-order chi connectivity index (χ1) is 8.08. The number of benzene rings is 1. The van der Waals surface area contributed by atoms with E-state index >= 15 is 0 Å². The Morgan fingerprint density at radius 3 is 2.41 bits per heavy atom. The van der Waals surface area contributed by atoms with Crippen molar-refractivity contribution < 1.29 is 14.3 Å². The van der Waals surface area contributed by atoms with Gasteiger partial charge in [0.05, 0.1) is 12.7 Å². The van der Waals surface area contributed by atoms with E-state index in [0.29, 0.717) is 17.5 Å². The van der Waals surface area contributed by atoms with Gasteiger partial charge in [0.1, 0.15) is 0 Å². The number of carbonyl (C=O) groups excluding carboxylic acids is 2. The lowest BCUT2D eigenvalue weighted by Crippen LogP contribution is -2.06. The highest BCUT2D eigenvalue weighted by Crippen LogP contribution is 2.14. The van der Waals surface area contributed by atoms with Gasteiger partial charge in [0, 0.05) is 12.0 Å². The average molecular weight is 234 g/mol. The lowest BCUT2D eigenvalue weighted by atomic mass is 10.0. The fourth-order valence-electron chi connectivity index (χ4n) is 1.66. The predicted octanol–water partition coefficient (Wildman–Crippen LogP) is 3.15. The molecule has 0 radical (unpaired) electrons. The average Bonchev–Trinajstić information content (AvgIpc) is 2.34. The lowest BCUT2D eigenvalue weighted by Gasteiger charge is -2.05. The van der Waals surface area contributed by atoms with E-state index in [4.69, 9.17) is 0 Å². The van der Waals surface area contributed by atoms with Gasteiger partial charge < -0.3 is 4.74 Å². The van der Waals surface area contributed by atoms with Crippen LogP contribution in [0.5, 0.6) is 0 Å². The minimum absolute atomic E-state index is 0.0840. The number of esters is 1. The first-order valence-electron chi connectivity index (χ1n) is 5.81. The maximum absolute atomic E-state index is 11.9.